The lowest BCUT2D eigenvalue weighted by Crippen LogP contribution is -2.44. The molecule has 0 radical (unpaired) electrons. The molecule has 3 aromatic heterocycles. The van der Waals surface area contributed by atoms with Crippen molar-refractivity contribution in [2.75, 3.05) is 44.7 Å². The van der Waals surface area contributed by atoms with Gasteiger partial charge < -0.3 is 14.5 Å². The second-order valence-electron chi connectivity index (χ2n) is 7.53. The van der Waals surface area contributed by atoms with Crippen LogP contribution in [0, 0.1) is 0 Å². The van der Waals surface area contributed by atoms with Crippen LogP contribution in [-0.4, -0.2) is 64.3 Å². The monoisotopic (exact) mass is 404 g/mol. The lowest BCUT2D eigenvalue weighted by molar-refractivity contribution is 0.313. The molecule has 5 rings (SSSR count). The van der Waals surface area contributed by atoms with Crippen molar-refractivity contribution >= 4 is 27.8 Å². The normalized spacial score (nSPS) is 15.2. The maximum absolute atomic E-state index is 12.8. The number of rotatable bonds is 4. The van der Waals surface area contributed by atoms with Crippen molar-refractivity contribution in [1.82, 2.24) is 24.4 Å². The molecule has 154 valence electrons. The molecule has 30 heavy (non-hydrogen) atoms. The van der Waals surface area contributed by atoms with E-state index >= 15 is 0 Å². The minimum Gasteiger partial charge on any atom is -0.491 e. The van der Waals surface area contributed by atoms with Crippen LogP contribution in [0.3, 0.4) is 0 Å². The third kappa shape index (κ3) is 3.09. The fourth-order valence-electron chi connectivity index (χ4n) is 4.10. The molecule has 1 aromatic carbocycles. The molecule has 4 heterocycles. The summed E-state index contributed by atoms with van der Waals surface area (Å²) in [6, 6.07) is 9.76. The highest BCUT2D eigenvalue weighted by atomic mass is 16.5. The molecule has 0 atom stereocenters. The zero-order valence-corrected chi connectivity index (χ0v) is 17.1. The molecule has 0 amide bonds. The van der Waals surface area contributed by atoms with Gasteiger partial charge >= 0.3 is 5.69 Å². The van der Waals surface area contributed by atoms with Crippen molar-refractivity contribution in [3.8, 4) is 11.4 Å². The quantitative estimate of drug-likeness (QED) is 0.563. The summed E-state index contributed by atoms with van der Waals surface area (Å²) in [7, 11) is 2.15. The van der Waals surface area contributed by atoms with Crippen molar-refractivity contribution in [2.24, 2.45) is 0 Å². The molecule has 1 N–H and O–H groups in total. The Morgan fingerprint density at radius 3 is 2.67 bits per heavy atom. The van der Waals surface area contributed by atoms with Gasteiger partial charge in [0.2, 0.25) is 0 Å². The number of benzene rings is 1. The van der Waals surface area contributed by atoms with Crippen LogP contribution >= 0.6 is 0 Å². The molecule has 1 fully saturated rings. The van der Waals surface area contributed by atoms with E-state index in [4.69, 9.17) is 4.74 Å². The van der Waals surface area contributed by atoms with Crippen LogP contribution in [0.1, 0.15) is 6.92 Å². The molecule has 0 spiro atoms. The summed E-state index contributed by atoms with van der Waals surface area (Å²) < 4.78 is 7.40. The highest BCUT2D eigenvalue weighted by Gasteiger charge is 2.19. The first kappa shape index (κ1) is 18.6. The summed E-state index contributed by atoms with van der Waals surface area (Å²) in [5.74, 6) is 0.631. The average Bonchev–Trinajstić information content (AvgIpc) is 3.10. The maximum atomic E-state index is 12.8. The van der Waals surface area contributed by atoms with Crippen LogP contribution in [0.4, 0.5) is 5.69 Å². The highest BCUT2D eigenvalue weighted by Crippen LogP contribution is 2.30. The van der Waals surface area contributed by atoms with Gasteiger partial charge in [0.25, 0.3) is 0 Å². The van der Waals surface area contributed by atoms with Crippen LogP contribution in [-0.2, 0) is 0 Å². The average molecular weight is 404 g/mol. The summed E-state index contributed by atoms with van der Waals surface area (Å²) in [6.45, 7) is 6.40. The largest absolute Gasteiger partial charge is 0.491 e. The van der Waals surface area contributed by atoms with Crippen LogP contribution in [0.5, 0.6) is 5.75 Å². The molecule has 0 bridgehead atoms. The number of nitrogens with zero attached hydrogens (tertiary/aromatic N) is 5. The molecule has 8 heteroatoms. The van der Waals surface area contributed by atoms with Crippen LogP contribution in [0.25, 0.3) is 27.8 Å². The predicted molar refractivity (Wildman–Crippen MR) is 118 cm³/mol. The Hall–Kier alpha value is -3.39. The molecule has 4 aromatic rings. The Morgan fingerprint density at radius 2 is 1.87 bits per heavy atom. The van der Waals surface area contributed by atoms with Gasteiger partial charge in [0.1, 0.15) is 11.3 Å². The second-order valence-corrected chi connectivity index (χ2v) is 7.53. The van der Waals surface area contributed by atoms with Gasteiger partial charge in [0.15, 0.2) is 5.65 Å². The minimum absolute atomic E-state index is 0.242. The van der Waals surface area contributed by atoms with Gasteiger partial charge in [0, 0.05) is 55.7 Å². The van der Waals surface area contributed by atoms with Gasteiger partial charge in [-0.25, -0.2) is 9.78 Å². The predicted octanol–water partition coefficient (Wildman–Crippen LogP) is 2.41. The first-order valence-corrected chi connectivity index (χ1v) is 10.2. The summed E-state index contributed by atoms with van der Waals surface area (Å²) in [5, 5.41) is 1.03. The van der Waals surface area contributed by atoms with E-state index in [0.29, 0.717) is 23.5 Å². The Labute approximate surface area is 173 Å². The van der Waals surface area contributed by atoms with E-state index in [0.717, 1.165) is 48.5 Å². The number of ether oxygens (including phenoxy) is 1. The van der Waals surface area contributed by atoms with Crippen molar-refractivity contribution < 1.29 is 4.74 Å². The van der Waals surface area contributed by atoms with Crippen molar-refractivity contribution in [3.05, 3.63) is 53.2 Å². The maximum Gasteiger partial charge on any atom is 0.332 e. The molecule has 1 aliphatic heterocycles. The zero-order valence-electron chi connectivity index (χ0n) is 17.1. The number of anilines is 1. The third-order valence-electron chi connectivity index (χ3n) is 5.64. The van der Waals surface area contributed by atoms with Crippen LogP contribution < -0.4 is 15.3 Å². The molecule has 8 nitrogen and oxygen atoms in total. The molecular formula is C22H24N6O2. The third-order valence-corrected chi connectivity index (χ3v) is 5.64. The fraction of sp³-hybridized carbons (Fsp3) is 0.318. The van der Waals surface area contributed by atoms with Crippen LogP contribution in [0.15, 0.2) is 47.5 Å². The van der Waals surface area contributed by atoms with E-state index in [1.54, 1.807) is 16.8 Å². The van der Waals surface area contributed by atoms with E-state index < -0.39 is 0 Å². The molecule has 0 unspecified atom stereocenters. The number of H-pyrrole nitrogens is 1. The molecule has 1 saturated heterocycles. The SMILES string of the molecule is CCOc1ccnc2[nH]c(=O)n(-c3ccc4nccc(N5CCN(C)CC5)c4c3)c12. The molecular weight excluding hydrogens is 380 g/mol. The lowest BCUT2D eigenvalue weighted by Gasteiger charge is -2.34. The number of piperazine rings is 1. The van der Waals surface area contributed by atoms with Crippen molar-refractivity contribution in [1.29, 1.82) is 0 Å². The first-order valence-electron chi connectivity index (χ1n) is 10.2. The topological polar surface area (TPSA) is 79.3 Å². The summed E-state index contributed by atoms with van der Waals surface area (Å²) in [4.78, 5) is 29.2. The van der Waals surface area contributed by atoms with Crippen molar-refractivity contribution in [2.45, 2.75) is 6.92 Å². The number of aromatic amines is 1. The first-order chi connectivity index (χ1) is 14.7. The Morgan fingerprint density at radius 1 is 1.07 bits per heavy atom. The van der Waals surface area contributed by atoms with Gasteiger partial charge in [-0.15, -0.1) is 0 Å². The molecule has 0 saturated carbocycles. The minimum atomic E-state index is -0.242. The van der Waals surface area contributed by atoms with Gasteiger partial charge in [-0.05, 0) is 38.2 Å². The Bertz CT molecular complexity index is 1270. The molecule has 1 aliphatic rings. The zero-order chi connectivity index (χ0) is 20.7. The number of hydrogen-bond acceptors (Lipinski definition) is 6. The number of likely N-dealkylation sites (N-methyl/N-ethyl adjacent to an activating group) is 1. The number of imidazole rings is 1. The van der Waals surface area contributed by atoms with Gasteiger partial charge in [0.05, 0.1) is 17.8 Å². The Kier molecular flexibility index (Phi) is 4.63. The number of nitrogens with one attached hydrogen (secondary N) is 1. The summed E-state index contributed by atoms with van der Waals surface area (Å²) in [5.41, 5.74) is 3.73. The van der Waals surface area contributed by atoms with Gasteiger partial charge in [-0.3, -0.25) is 14.5 Å². The molecule has 0 aliphatic carbocycles. The number of pyridine rings is 2. The number of hydrogen-bond donors (Lipinski definition) is 1. The van der Waals surface area contributed by atoms with E-state index in [2.05, 4.69) is 37.9 Å². The highest BCUT2D eigenvalue weighted by molar-refractivity contribution is 5.93. The Balaban J connectivity index is 1.69. The van der Waals surface area contributed by atoms with Gasteiger partial charge in [-0.1, -0.05) is 0 Å². The van der Waals surface area contributed by atoms with E-state index in [1.807, 2.05) is 31.3 Å². The van der Waals surface area contributed by atoms with E-state index in [-0.39, 0.29) is 5.69 Å². The van der Waals surface area contributed by atoms with E-state index in [9.17, 15) is 4.79 Å². The number of aromatic nitrogens is 4. The van der Waals surface area contributed by atoms with Crippen molar-refractivity contribution in [3.63, 3.8) is 0 Å². The smallest absolute Gasteiger partial charge is 0.332 e. The second kappa shape index (κ2) is 7.46. The lowest BCUT2D eigenvalue weighted by atomic mass is 10.1. The van der Waals surface area contributed by atoms with Gasteiger partial charge in [-0.2, -0.15) is 0 Å². The standard InChI is InChI=1S/C22H24N6O2/c1-3-30-19-7-9-24-21-20(19)28(22(29)25-21)15-4-5-17-16(14-15)18(6-8-23-17)27-12-10-26(2)11-13-27/h4-9,14H,3,10-13H2,1-2H3,(H,24,25,29). The van der Waals surface area contributed by atoms with E-state index in [1.165, 1.54) is 0 Å². The number of fused-ring (bicyclic) bond motifs is 2. The van der Waals surface area contributed by atoms with Crippen LogP contribution in [0.2, 0.25) is 0 Å². The fourth-order valence-corrected chi connectivity index (χ4v) is 4.10. The summed E-state index contributed by atoms with van der Waals surface area (Å²) in [6.07, 6.45) is 3.49. The summed E-state index contributed by atoms with van der Waals surface area (Å²) >= 11 is 0.